The minimum atomic E-state index is -3.16. The molecule has 1 N–H and O–H groups in total. The predicted octanol–water partition coefficient (Wildman–Crippen LogP) is 1.31. The van der Waals surface area contributed by atoms with Crippen LogP contribution in [0.4, 0.5) is 4.79 Å². The summed E-state index contributed by atoms with van der Waals surface area (Å²) in [6, 6.07) is -0.443. The third kappa shape index (κ3) is 3.22. The Labute approximate surface area is 126 Å². The molecule has 0 aromatic heterocycles. The van der Waals surface area contributed by atoms with Crippen molar-refractivity contribution in [3.8, 4) is 0 Å². The fraction of sp³-hybridized carbons (Fsp3) is 0.857. The van der Waals surface area contributed by atoms with Gasteiger partial charge in [0.05, 0.1) is 5.75 Å². The highest BCUT2D eigenvalue weighted by Gasteiger charge is 2.53. The maximum absolute atomic E-state index is 12.2. The van der Waals surface area contributed by atoms with Crippen molar-refractivity contribution in [3.05, 3.63) is 0 Å². The van der Waals surface area contributed by atoms with Crippen molar-refractivity contribution >= 4 is 21.8 Å². The highest BCUT2D eigenvalue weighted by molar-refractivity contribution is 7.91. The van der Waals surface area contributed by atoms with E-state index in [0.717, 1.165) is 12.8 Å². The summed E-state index contributed by atoms with van der Waals surface area (Å²) in [4.78, 5) is 25.7. The molecule has 1 saturated heterocycles. The van der Waals surface area contributed by atoms with E-state index in [0.29, 0.717) is 25.2 Å². The summed E-state index contributed by atoms with van der Waals surface area (Å²) in [5.74, 6) is 0.344. The van der Waals surface area contributed by atoms with Crippen LogP contribution in [0.5, 0.6) is 0 Å². The summed E-state index contributed by atoms with van der Waals surface area (Å²) in [7, 11) is -3.16. The Kier molecular flexibility index (Phi) is 4.60. The summed E-state index contributed by atoms with van der Waals surface area (Å²) in [5.41, 5.74) is -0.814. The highest BCUT2D eigenvalue weighted by atomic mass is 32.2. The molecule has 1 spiro atoms. The fourth-order valence-electron chi connectivity index (χ4n) is 3.29. The third-order valence-electron chi connectivity index (χ3n) is 4.65. The first-order chi connectivity index (χ1) is 9.81. The first-order valence-corrected chi connectivity index (χ1v) is 9.46. The van der Waals surface area contributed by atoms with Gasteiger partial charge in [-0.1, -0.05) is 13.8 Å². The minimum Gasteiger partial charge on any atom is -0.309 e. The summed E-state index contributed by atoms with van der Waals surface area (Å²) in [6.07, 6.45) is 3.59. The van der Waals surface area contributed by atoms with Crippen LogP contribution >= 0.6 is 0 Å². The number of carbonyl (C=O) groups excluding carboxylic acids is 2. The zero-order chi connectivity index (χ0) is 15.7. The van der Waals surface area contributed by atoms with Crippen molar-refractivity contribution in [2.24, 2.45) is 5.92 Å². The van der Waals surface area contributed by atoms with E-state index in [4.69, 9.17) is 0 Å². The van der Waals surface area contributed by atoms with Crippen LogP contribution < -0.4 is 5.32 Å². The van der Waals surface area contributed by atoms with Gasteiger partial charge in [-0.15, -0.1) is 0 Å². The molecule has 21 heavy (non-hydrogen) atoms. The van der Waals surface area contributed by atoms with Crippen LogP contribution in [0.15, 0.2) is 0 Å². The smallest absolute Gasteiger partial charge is 0.309 e. The average Bonchev–Trinajstić information content (AvgIpc) is 2.62. The predicted molar refractivity (Wildman–Crippen MR) is 79.6 cm³/mol. The van der Waals surface area contributed by atoms with Gasteiger partial charge in [-0.3, -0.25) is 10.1 Å². The Bertz CT molecular complexity index is 521. The molecule has 1 heterocycles. The lowest BCUT2D eigenvalue weighted by Crippen LogP contribution is -2.53. The van der Waals surface area contributed by atoms with Crippen LogP contribution in [-0.4, -0.2) is 48.8 Å². The van der Waals surface area contributed by atoms with Gasteiger partial charge in [0.15, 0.2) is 9.84 Å². The lowest BCUT2D eigenvalue weighted by atomic mass is 9.76. The molecule has 120 valence electrons. The molecule has 2 rings (SSSR count). The number of urea groups is 1. The van der Waals surface area contributed by atoms with Gasteiger partial charge < -0.3 is 4.90 Å². The van der Waals surface area contributed by atoms with Crippen LogP contribution in [0.3, 0.4) is 0 Å². The molecule has 7 heteroatoms. The normalized spacial score (nSPS) is 30.0. The van der Waals surface area contributed by atoms with E-state index < -0.39 is 21.4 Å². The van der Waals surface area contributed by atoms with Crippen molar-refractivity contribution in [2.75, 3.05) is 18.1 Å². The summed E-state index contributed by atoms with van der Waals surface area (Å²) < 4.78 is 23.7. The van der Waals surface area contributed by atoms with E-state index >= 15 is 0 Å². The third-order valence-corrected chi connectivity index (χ3v) is 6.48. The van der Waals surface area contributed by atoms with Crippen LogP contribution in [0.1, 0.15) is 46.0 Å². The lowest BCUT2D eigenvalue weighted by molar-refractivity contribution is -0.128. The standard InChI is InChI=1S/C14H24N2O4S/c1-3-9-21(19,20)10-8-16-13(18)15-12(17)14(16)6-4-11(2)5-7-14/h11H,3-10H2,1-2H3,(H,15,17,18). The molecule has 1 aliphatic heterocycles. The van der Waals surface area contributed by atoms with E-state index in [1.165, 1.54) is 4.90 Å². The van der Waals surface area contributed by atoms with Gasteiger partial charge in [-0.25, -0.2) is 13.2 Å². The number of nitrogens with zero attached hydrogens (tertiary/aromatic N) is 1. The number of hydrogen-bond donors (Lipinski definition) is 1. The second-order valence-electron chi connectivity index (χ2n) is 6.28. The molecule has 2 aliphatic rings. The van der Waals surface area contributed by atoms with E-state index in [1.807, 2.05) is 6.92 Å². The topological polar surface area (TPSA) is 83.6 Å². The zero-order valence-electron chi connectivity index (χ0n) is 12.7. The molecule has 0 unspecified atom stereocenters. The second kappa shape index (κ2) is 5.94. The molecular weight excluding hydrogens is 292 g/mol. The average molecular weight is 316 g/mol. The van der Waals surface area contributed by atoms with Crippen molar-refractivity contribution in [3.63, 3.8) is 0 Å². The number of imide groups is 1. The van der Waals surface area contributed by atoms with E-state index in [2.05, 4.69) is 12.2 Å². The Hall–Kier alpha value is -1.11. The van der Waals surface area contributed by atoms with Crippen molar-refractivity contribution in [1.82, 2.24) is 10.2 Å². The van der Waals surface area contributed by atoms with E-state index in [-0.39, 0.29) is 24.0 Å². The molecule has 0 bridgehead atoms. The maximum Gasteiger partial charge on any atom is 0.325 e. The number of nitrogens with one attached hydrogen (secondary N) is 1. The van der Waals surface area contributed by atoms with Crippen molar-refractivity contribution in [1.29, 1.82) is 0 Å². The van der Waals surface area contributed by atoms with Gasteiger partial charge in [0, 0.05) is 12.3 Å². The van der Waals surface area contributed by atoms with E-state index in [9.17, 15) is 18.0 Å². The first kappa shape index (κ1) is 16.3. The number of rotatable bonds is 5. The first-order valence-electron chi connectivity index (χ1n) is 7.64. The molecule has 0 atom stereocenters. The fourth-order valence-corrected chi connectivity index (χ4v) is 4.58. The Morgan fingerprint density at radius 1 is 1.24 bits per heavy atom. The maximum atomic E-state index is 12.2. The molecule has 0 radical (unpaired) electrons. The number of hydrogen-bond acceptors (Lipinski definition) is 4. The molecule has 1 aliphatic carbocycles. The molecule has 3 amide bonds. The minimum absolute atomic E-state index is 0.0706. The molecule has 1 saturated carbocycles. The Morgan fingerprint density at radius 2 is 1.86 bits per heavy atom. The van der Waals surface area contributed by atoms with Gasteiger partial charge in [0.25, 0.3) is 5.91 Å². The molecular formula is C14H24N2O4S. The second-order valence-corrected chi connectivity index (χ2v) is 8.58. The van der Waals surface area contributed by atoms with Crippen LogP contribution in [-0.2, 0) is 14.6 Å². The van der Waals surface area contributed by atoms with Crippen LogP contribution in [0.25, 0.3) is 0 Å². The number of amides is 3. The Balaban J connectivity index is 2.12. The number of carbonyl (C=O) groups is 2. The Morgan fingerprint density at radius 3 is 2.43 bits per heavy atom. The highest BCUT2D eigenvalue weighted by Crippen LogP contribution is 2.39. The zero-order valence-corrected chi connectivity index (χ0v) is 13.5. The van der Waals surface area contributed by atoms with Gasteiger partial charge in [0.1, 0.15) is 5.54 Å². The van der Waals surface area contributed by atoms with Crippen LogP contribution in [0.2, 0.25) is 0 Å². The molecule has 2 fully saturated rings. The van der Waals surface area contributed by atoms with Gasteiger partial charge in [-0.2, -0.15) is 0 Å². The molecule has 0 aromatic carbocycles. The lowest BCUT2D eigenvalue weighted by Gasteiger charge is -2.40. The van der Waals surface area contributed by atoms with Crippen molar-refractivity contribution < 1.29 is 18.0 Å². The number of sulfone groups is 1. The quantitative estimate of drug-likeness (QED) is 0.775. The summed E-state index contributed by atoms with van der Waals surface area (Å²) >= 11 is 0. The molecule has 6 nitrogen and oxygen atoms in total. The summed E-state index contributed by atoms with van der Waals surface area (Å²) in [6.45, 7) is 4.06. The monoisotopic (exact) mass is 316 g/mol. The van der Waals surface area contributed by atoms with Gasteiger partial charge in [0.2, 0.25) is 0 Å². The van der Waals surface area contributed by atoms with Gasteiger partial charge >= 0.3 is 6.03 Å². The summed E-state index contributed by atoms with van der Waals surface area (Å²) in [5, 5.41) is 2.36. The molecule has 0 aromatic rings. The van der Waals surface area contributed by atoms with Crippen molar-refractivity contribution in [2.45, 2.75) is 51.5 Å². The van der Waals surface area contributed by atoms with E-state index in [1.54, 1.807) is 0 Å². The van der Waals surface area contributed by atoms with Crippen LogP contribution in [0, 0.1) is 5.92 Å². The largest absolute Gasteiger partial charge is 0.325 e. The van der Waals surface area contributed by atoms with Gasteiger partial charge in [-0.05, 0) is 38.0 Å². The SMILES string of the molecule is CCCS(=O)(=O)CCN1C(=O)NC(=O)C12CCC(C)CC2.